The molecule has 0 bridgehead atoms. The Morgan fingerprint density at radius 3 is 2.23 bits per heavy atom. The minimum Gasteiger partial charge on any atom is -0.457 e. The van der Waals surface area contributed by atoms with Gasteiger partial charge in [-0.15, -0.1) is 0 Å². The normalized spacial score (nSPS) is 15.9. The van der Waals surface area contributed by atoms with Crippen LogP contribution in [-0.4, -0.2) is 42.3 Å². The van der Waals surface area contributed by atoms with Crippen molar-refractivity contribution in [2.24, 2.45) is 11.7 Å². The van der Waals surface area contributed by atoms with E-state index in [2.05, 4.69) is 12.2 Å². The molecule has 1 saturated heterocycles. The highest BCUT2D eigenvalue weighted by Gasteiger charge is 2.28. The third-order valence-corrected chi connectivity index (χ3v) is 5.38. The summed E-state index contributed by atoms with van der Waals surface area (Å²) in [6, 6.07) is 13.4. The van der Waals surface area contributed by atoms with Gasteiger partial charge in [-0.2, -0.15) is 0 Å². The SMILES string of the molecule is CCCCNC(=O)C1CCCN(C(=O)c2ccc(Oc3ccc(C(N)=O)cc3)cc2)C1. The van der Waals surface area contributed by atoms with E-state index in [1.165, 1.54) is 0 Å². The number of nitrogens with two attached hydrogens (primary N) is 1. The van der Waals surface area contributed by atoms with Gasteiger partial charge >= 0.3 is 0 Å². The second-order valence-electron chi connectivity index (χ2n) is 7.75. The summed E-state index contributed by atoms with van der Waals surface area (Å²) in [5.74, 6) is 0.459. The lowest BCUT2D eigenvalue weighted by Gasteiger charge is -2.32. The van der Waals surface area contributed by atoms with Crippen molar-refractivity contribution in [1.82, 2.24) is 10.2 Å². The van der Waals surface area contributed by atoms with Crippen molar-refractivity contribution < 1.29 is 19.1 Å². The molecule has 0 spiro atoms. The van der Waals surface area contributed by atoms with Crippen molar-refractivity contribution >= 4 is 17.7 Å². The summed E-state index contributed by atoms with van der Waals surface area (Å²) in [6.45, 7) is 3.87. The average Bonchev–Trinajstić information content (AvgIpc) is 2.79. The van der Waals surface area contributed by atoms with Crippen LogP contribution in [0.25, 0.3) is 0 Å². The quantitative estimate of drug-likeness (QED) is 0.636. The maximum absolute atomic E-state index is 12.9. The molecule has 1 unspecified atom stereocenters. The highest BCUT2D eigenvalue weighted by molar-refractivity contribution is 5.95. The smallest absolute Gasteiger partial charge is 0.253 e. The summed E-state index contributed by atoms with van der Waals surface area (Å²) in [5.41, 5.74) is 6.21. The van der Waals surface area contributed by atoms with Crippen LogP contribution in [0, 0.1) is 5.92 Å². The molecule has 2 aromatic rings. The molecule has 0 saturated carbocycles. The molecule has 164 valence electrons. The molecule has 0 radical (unpaired) electrons. The number of rotatable bonds is 8. The van der Waals surface area contributed by atoms with E-state index in [1.54, 1.807) is 53.4 Å². The van der Waals surface area contributed by atoms with Crippen LogP contribution in [0.5, 0.6) is 11.5 Å². The molecule has 3 amide bonds. The molecule has 31 heavy (non-hydrogen) atoms. The Balaban J connectivity index is 1.58. The fourth-order valence-electron chi connectivity index (χ4n) is 3.58. The Hall–Kier alpha value is -3.35. The number of piperidine rings is 1. The fourth-order valence-corrected chi connectivity index (χ4v) is 3.58. The number of unbranched alkanes of at least 4 members (excludes halogenated alkanes) is 1. The van der Waals surface area contributed by atoms with Crippen LogP contribution in [0.3, 0.4) is 0 Å². The molecule has 3 N–H and O–H groups in total. The first-order valence-corrected chi connectivity index (χ1v) is 10.7. The summed E-state index contributed by atoms with van der Waals surface area (Å²) in [4.78, 5) is 38.2. The van der Waals surface area contributed by atoms with Gasteiger partial charge in [-0.25, -0.2) is 0 Å². The number of nitrogens with zero attached hydrogens (tertiary/aromatic N) is 1. The first-order valence-electron chi connectivity index (χ1n) is 10.7. The maximum atomic E-state index is 12.9. The molecule has 1 fully saturated rings. The molecular formula is C24H29N3O4. The summed E-state index contributed by atoms with van der Waals surface area (Å²) in [6.07, 6.45) is 3.63. The zero-order valence-electron chi connectivity index (χ0n) is 17.8. The zero-order chi connectivity index (χ0) is 22.2. The molecule has 7 nitrogen and oxygen atoms in total. The van der Waals surface area contributed by atoms with Crippen molar-refractivity contribution in [2.75, 3.05) is 19.6 Å². The lowest BCUT2D eigenvalue weighted by atomic mass is 9.96. The monoisotopic (exact) mass is 423 g/mol. The van der Waals surface area contributed by atoms with Crippen LogP contribution in [-0.2, 0) is 4.79 Å². The van der Waals surface area contributed by atoms with E-state index in [1.807, 2.05) is 0 Å². The maximum Gasteiger partial charge on any atom is 0.253 e. The molecule has 7 heteroatoms. The van der Waals surface area contributed by atoms with Crippen LogP contribution in [0.4, 0.5) is 0 Å². The van der Waals surface area contributed by atoms with Gasteiger partial charge in [0.2, 0.25) is 11.8 Å². The van der Waals surface area contributed by atoms with Crippen molar-refractivity contribution in [1.29, 1.82) is 0 Å². The van der Waals surface area contributed by atoms with E-state index in [-0.39, 0.29) is 17.7 Å². The first-order chi connectivity index (χ1) is 15.0. The summed E-state index contributed by atoms with van der Waals surface area (Å²) in [5, 5.41) is 2.97. The fraction of sp³-hybridized carbons (Fsp3) is 0.375. The van der Waals surface area contributed by atoms with Crippen molar-refractivity contribution in [3.8, 4) is 11.5 Å². The number of hydrogen-bond donors (Lipinski definition) is 2. The minimum atomic E-state index is -0.493. The minimum absolute atomic E-state index is 0.0389. The Morgan fingerprint density at radius 2 is 1.65 bits per heavy atom. The predicted molar refractivity (Wildman–Crippen MR) is 118 cm³/mol. The topological polar surface area (TPSA) is 102 Å². The van der Waals surface area contributed by atoms with Crippen LogP contribution < -0.4 is 15.8 Å². The molecule has 0 aliphatic carbocycles. The average molecular weight is 424 g/mol. The molecule has 1 atom stereocenters. The van der Waals surface area contributed by atoms with E-state index >= 15 is 0 Å². The third kappa shape index (κ3) is 6.07. The molecule has 0 aromatic heterocycles. The van der Waals surface area contributed by atoms with Gasteiger partial charge in [0, 0.05) is 30.8 Å². The number of hydrogen-bond acceptors (Lipinski definition) is 4. The Bertz CT molecular complexity index is 909. The molecule has 1 heterocycles. The van der Waals surface area contributed by atoms with E-state index in [4.69, 9.17) is 10.5 Å². The van der Waals surface area contributed by atoms with Crippen molar-refractivity contribution in [3.05, 3.63) is 59.7 Å². The molecule has 1 aliphatic rings. The number of benzene rings is 2. The van der Waals surface area contributed by atoms with Gasteiger partial charge in [0.1, 0.15) is 11.5 Å². The second kappa shape index (κ2) is 10.6. The summed E-state index contributed by atoms with van der Waals surface area (Å²) >= 11 is 0. The number of amides is 3. The number of likely N-dealkylation sites (tertiary alicyclic amines) is 1. The van der Waals surface area contributed by atoms with Crippen LogP contribution in [0.1, 0.15) is 53.3 Å². The number of carbonyl (C=O) groups excluding carboxylic acids is 3. The van der Waals surface area contributed by atoms with Crippen LogP contribution in [0.2, 0.25) is 0 Å². The number of ether oxygens (including phenoxy) is 1. The molecule has 1 aliphatic heterocycles. The second-order valence-corrected chi connectivity index (χ2v) is 7.75. The zero-order valence-corrected chi connectivity index (χ0v) is 17.8. The van der Waals surface area contributed by atoms with Gasteiger partial charge in [0.15, 0.2) is 0 Å². The number of primary amides is 1. The van der Waals surface area contributed by atoms with Gasteiger partial charge < -0.3 is 20.7 Å². The number of nitrogens with one attached hydrogen (secondary N) is 1. The van der Waals surface area contributed by atoms with E-state index in [0.29, 0.717) is 42.3 Å². The largest absolute Gasteiger partial charge is 0.457 e. The Morgan fingerprint density at radius 1 is 1.03 bits per heavy atom. The van der Waals surface area contributed by atoms with E-state index in [9.17, 15) is 14.4 Å². The van der Waals surface area contributed by atoms with E-state index < -0.39 is 5.91 Å². The first kappa shape index (κ1) is 22.3. The summed E-state index contributed by atoms with van der Waals surface area (Å²) in [7, 11) is 0. The molecule has 2 aromatic carbocycles. The van der Waals surface area contributed by atoms with Gasteiger partial charge in [0.25, 0.3) is 5.91 Å². The van der Waals surface area contributed by atoms with Crippen molar-refractivity contribution in [3.63, 3.8) is 0 Å². The highest BCUT2D eigenvalue weighted by Crippen LogP contribution is 2.24. The third-order valence-electron chi connectivity index (χ3n) is 5.38. The Kier molecular flexibility index (Phi) is 7.65. The van der Waals surface area contributed by atoms with Crippen LogP contribution >= 0.6 is 0 Å². The predicted octanol–water partition coefficient (Wildman–Crippen LogP) is 3.35. The standard InChI is InChI=1S/C24H29N3O4/c1-2-3-14-26-23(29)19-5-4-15-27(16-19)24(30)18-8-12-21(13-9-18)31-20-10-6-17(7-11-20)22(25)28/h6-13,19H,2-5,14-16H2,1H3,(H2,25,28)(H,26,29). The van der Waals surface area contributed by atoms with Crippen molar-refractivity contribution in [2.45, 2.75) is 32.6 Å². The highest BCUT2D eigenvalue weighted by atomic mass is 16.5. The van der Waals surface area contributed by atoms with E-state index in [0.717, 1.165) is 25.7 Å². The van der Waals surface area contributed by atoms with Crippen LogP contribution in [0.15, 0.2) is 48.5 Å². The molecular weight excluding hydrogens is 394 g/mol. The summed E-state index contributed by atoms with van der Waals surface area (Å²) < 4.78 is 5.76. The van der Waals surface area contributed by atoms with Gasteiger partial charge in [0.05, 0.1) is 5.92 Å². The lowest BCUT2D eigenvalue weighted by molar-refractivity contribution is -0.126. The Labute approximate surface area is 182 Å². The van der Waals surface area contributed by atoms with Gasteiger partial charge in [-0.05, 0) is 67.8 Å². The van der Waals surface area contributed by atoms with Gasteiger partial charge in [-0.1, -0.05) is 13.3 Å². The van der Waals surface area contributed by atoms with Gasteiger partial charge in [-0.3, -0.25) is 14.4 Å². The molecule has 3 rings (SSSR count). The number of carbonyl (C=O) groups is 3. The lowest BCUT2D eigenvalue weighted by Crippen LogP contribution is -2.45.